The van der Waals surface area contributed by atoms with Gasteiger partial charge in [0.1, 0.15) is 11.9 Å². The normalized spacial score (nSPS) is 25.6. The van der Waals surface area contributed by atoms with E-state index in [1.165, 1.54) is 10.4 Å². The molecule has 3 aromatic carbocycles. The maximum Gasteiger partial charge on any atom is 0.261 e. The van der Waals surface area contributed by atoms with Crippen LogP contribution in [0.25, 0.3) is 0 Å². The molecule has 5 rings (SSSR count). The highest BCUT2D eigenvalue weighted by molar-refractivity contribution is 6.99. The average Bonchev–Trinajstić information content (AvgIpc) is 3.32. The minimum absolute atomic E-state index is 0.119. The van der Waals surface area contributed by atoms with Gasteiger partial charge in [0.25, 0.3) is 8.32 Å². The first-order valence-electron chi connectivity index (χ1n) is 18.4. The fourth-order valence-corrected chi connectivity index (χ4v) is 12.6. The second kappa shape index (κ2) is 16.8. The van der Waals surface area contributed by atoms with Crippen LogP contribution in [0.5, 0.6) is 0 Å². The first-order chi connectivity index (χ1) is 24.4. The Balaban J connectivity index is 1.37. The third-order valence-electron chi connectivity index (χ3n) is 11.0. The van der Waals surface area contributed by atoms with Crippen LogP contribution in [-0.4, -0.2) is 71.2 Å². The van der Waals surface area contributed by atoms with E-state index in [0.717, 1.165) is 5.56 Å². The molecule has 3 aromatic rings. The zero-order valence-corrected chi connectivity index (χ0v) is 32.6. The zero-order valence-electron chi connectivity index (χ0n) is 31.6. The summed E-state index contributed by atoms with van der Waals surface area (Å²) >= 11 is 0. The molecule has 2 saturated heterocycles. The summed E-state index contributed by atoms with van der Waals surface area (Å²) in [5, 5.41) is 2.28. The maximum absolute atomic E-state index is 13.9. The van der Waals surface area contributed by atoms with E-state index in [2.05, 4.69) is 89.7 Å². The molecule has 7 nitrogen and oxygen atoms in total. The van der Waals surface area contributed by atoms with Gasteiger partial charge in [0.05, 0.1) is 37.9 Å². The van der Waals surface area contributed by atoms with Crippen LogP contribution < -0.4 is 10.4 Å². The summed E-state index contributed by atoms with van der Waals surface area (Å²) in [6.07, 6.45) is 1.37. The van der Waals surface area contributed by atoms with Gasteiger partial charge < -0.3 is 28.1 Å². The fraction of sp³-hybridized carbons (Fsp3) is 0.512. The van der Waals surface area contributed by atoms with Crippen LogP contribution >= 0.6 is 0 Å². The topological polar surface area (TPSA) is 72.5 Å². The number of hydrogen-bond donors (Lipinski definition) is 0. The Morgan fingerprint density at radius 1 is 0.922 bits per heavy atom. The molecule has 2 fully saturated rings. The molecular weight excluding hydrogens is 657 g/mol. The van der Waals surface area contributed by atoms with E-state index < -0.39 is 37.8 Å². The lowest BCUT2D eigenvalue weighted by atomic mass is 9.73. The average molecular weight is 715 g/mol. The van der Waals surface area contributed by atoms with Crippen molar-refractivity contribution in [2.75, 3.05) is 26.9 Å². The van der Waals surface area contributed by atoms with Crippen molar-refractivity contribution in [3.05, 3.63) is 109 Å². The molecule has 51 heavy (non-hydrogen) atoms. The molecule has 1 spiro atoms. The van der Waals surface area contributed by atoms with E-state index in [0.29, 0.717) is 39.3 Å². The fourth-order valence-electron chi connectivity index (χ4n) is 8.02. The van der Waals surface area contributed by atoms with Crippen molar-refractivity contribution in [2.45, 2.75) is 103 Å². The van der Waals surface area contributed by atoms with Gasteiger partial charge in [-0.05, 0) is 33.8 Å². The van der Waals surface area contributed by atoms with Crippen molar-refractivity contribution >= 4 is 24.5 Å². The Morgan fingerprint density at radius 3 is 2.06 bits per heavy atom. The standard InChI is InChI=1S/C43H58O7Si/c1-9-27-47-40-39(38(45-8)25-28-46-31-33-19-13-10-14-20-33)50-43(42(40,6)7)30-36(44)32(2)37(49-43)26-29-48-51(41(3,4)5,34-21-15-11-16-22-34)35-23-17-12-18-24-35/h9-24,32,37-40H,1,25-31H2,2-8H3/t32-,37-,38-,39+,40-,43+/m0/s1. The van der Waals surface area contributed by atoms with Crippen LogP contribution in [0.4, 0.5) is 0 Å². The Morgan fingerprint density at radius 2 is 1.51 bits per heavy atom. The van der Waals surface area contributed by atoms with Gasteiger partial charge in [0.2, 0.25) is 0 Å². The summed E-state index contributed by atoms with van der Waals surface area (Å²) in [5.74, 6) is -1.39. The number of hydrogen-bond acceptors (Lipinski definition) is 7. The molecule has 0 unspecified atom stereocenters. The van der Waals surface area contributed by atoms with E-state index in [-0.39, 0.29) is 29.3 Å². The minimum atomic E-state index is -2.77. The third kappa shape index (κ3) is 8.18. The quantitative estimate of drug-likeness (QED) is 0.0879. The number of ether oxygens (including phenoxy) is 5. The number of carbonyl (C=O) groups excluding carboxylic acids is 1. The summed E-state index contributed by atoms with van der Waals surface area (Å²) < 4.78 is 39.8. The van der Waals surface area contributed by atoms with E-state index in [4.69, 9.17) is 28.1 Å². The lowest BCUT2D eigenvalue weighted by Crippen LogP contribution is -2.66. The van der Waals surface area contributed by atoms with Crippen molar-refractivity contribution in [3.8, 4) is 0 Å². The third-order valence-corrected chi connectivity index (χ3v) is 16.0. The lowest BCUT2D eigenvalue weighted by molar-refractivity contribution is -0.309. The molecule has 0 aliphatic carbocycles. The number of benzene rings is 3. The molecule has 0 saturated carbocycles. The zero-order chi connectivity index (χ0) is 36.7. The predicted octanol–water partition coefficient (Wildman–Crippen LogP) is 7.26. The summed E-state index contributed by atoms with van der Waals surface area (Å²) in [6, 6.07) is 31.3. The number of Topliss-reactive ketones (excluding diaryl/α,β-unsaturated/α-hetero) is 1. The molecule has 8 heteroatoms. The SMILES string of the molecule is C=CCO[C@H]1[C@@H]([C@H](CCOCc2ccccc2)OC)O[C@]2(CC(=O)[C@H](C)[C@H](CCO[Si](c3ccccc3)(c3ccccc3)C(C)(C)C)O2)C1(C)C. The molecule has 2 aliphatic heterocycles. The molecule has 0 N–H and O–H groups in total. The van der Waals surface area contributed by atoms with Gasteiger partial charge >= 0.3 is 0 Å². The minimum Gasteiger partial charge on any atom is -0.407 e. The number of carbonyl (C=O) groups is 1. The molecule has 6 atom stereocenters. The van der Waals surface area contributed by atoms with Crippen molar-refractivity contribution < 1.29 is 32.9 Å². The smallest absolute Gasteiger partial charge is 0.261 e. The van der Waals surface area contributed by atoms with Crippen LogP contribution in [0.15, 0.2) is 104 Å². The summed E-state index contributed by atoms with van der Waals surface area (Å²) in [6.45, 7) is 18.6. The van der Waals surface area contributed by atoms with Crippen LogP contribution in [0.3, 0.4) is 0 Å². The van der Waals surface area contributed by atoms with Crippen molar-refractivity contribution in [2.24, 2.45) is 11.3 Å². The largest absolute Gasteiger partial charge is 0.407 e. The second-order valence-electron chi connectivity index (χ2n) is 15.6. The van der Waals surface area contributed by atoms with Crippen molar-refractivity contribution in [3.63, 3.8) is 0 Å². The van der Waals surface area contributed by atoms with Gasteiger partial charge in [0.15, 0.2) is 5.79 Å². The Hall–Kier alpha value is -2.95. The van der Waals surface area contributed by atoms with Gasteiger partial charge in [-0.15, -0.1) is 6.58 Å². The van der Waals surface area contributed by atoms with Crippen molar-refractivity contribution in [1.82, 2.24) is 0 Å². The number of methoxy groups -OCH3 is 1. The van der Waals surface area contributed by atoms with Crippen molar-refractivity contribution in [1.29, 1.82) is 0 Å². The Labute approximate surface area is 306 Å². The molecular formula is C43H58O7Si. The molecule has 0 aromatic heterocycles. The van der Waals surface area contributed by atoms with Gasteiger partial charge in [-0.25, -0.2) is 0 Å². The Bertz CT molecular complexity index is 1500. The van der Waals surface area contributed by atoms with E-state index in [9.17, 15) is 4.79 Å². The Kier molecular flexibility index (Phi) is 12.9. The molecule has 0 radical (unpaired) electrons. The highest BCUT2D eigenvalue weighted by Gasteiger charge is 2.67. The van der Waals surface area contributed by atoms with Gasteiger partial charge in [-0.2, -0.15) is 0 Å². The van der Waals surface area contributed by atoms with Gasteiger partial charge in [-0.1, -0.05) is 139 Å². The second-order valence-corrected chi connectivity index (χ2v) is 19.9. The van der Waals surface area contributed by atoms with E-state index in [1.54, 1.807) is 13.2 Å². The molecule has 276 valence electrons. The van der Waals surface area contributed by atoms with Gasteiger partial charge in [0, 0.05) is 31.7 Å². The van der Waals surface area contributed by atoms with E-state index in [1.807, 2.05) is 49.4 Å². The summed E-state index contributed by atoms with van der Waals surface area (Å²) in [5.41, 5.74) is 0.430. The number of ketones is 1. The first kappa shape index (κ1) is 39.3. The van der Waals surface area contributed by atoms with Crippen LogP contribution in [0.2, 0.25) is 5.04 Å². The highest BCUT2D eigenvalue weighted by atomic mass is 28.4. The van der Waals surface area contributed by atoms with E-state index >= 15 is 0 Å². The predicted molar refractivity (Wildman–Crippen MR) is 205 cm³/mol. The van der Waals surface area contributed by atoms with Crippen LogP contribution in [-0.2, 0) is 39.5 Å². The highest BCUT2D eigenvalue weighted by Crippen LogP contribution is 2.55. The summed E-state index contributed by atoms with van der Waals surface area (Å²) in [4.78, 5) is 13.9. The number of rotatable bonds is 16. The molecule has 2 aliphatic rings. The lowest BCUT2D eigenvalue weighted by Gasteiger charge is -2.48. The molecule has 2 heterocycles. The summed E-state index contributed by atoms with van der Waals surface area (Å²) in [7, 11) is -1.08. The first-order valence-corrected chi connectivity index (χ1v) is 20.3. The van der Waals surface area contributed by atoms with Crippen LogP contribution in [0.1, 0.15) is 66.4 Å². The molecule has 0 amide bonds. The van der Waals surface area contributed by atoms with Crippen LogP contribution in [0, 0.1) is 11.3 Å². The maximum atomic E-state index is 13.9. The van der Waals surface area contributed by atoms with Gasteiger partial charge in [-0.3, -0.25) is 4.79 Å². The monoisotopic (exact) mass is 714 g/mol. The molecule has 0 bridgehead atoms.